The Morgan fingerprint density at radius 3 is 2.67 bits per heavy atom. The number of hydrogen-bond donors (Lipinski definition) is 1. The van der Waals surface area contributed by atoms with Gasteiger partial charge in [0.15, 0.2) is 12.3 Å². The molecule has 0 unspecified atom stereocenters. The smallest absolute Gasteiger partial charge is 0.250 e. The molecule has 5 nitrogen and oxygen atoms in total. The van der Waals surface area contributed by atoms with E-state index in [4.69, 9.17) is 4.42 Å². The van der Waals surface area contributed by atoms with E-state index in [0.717, 1.165) is 49.9 Å². The van der Waals surface area contributed by atoms with E-state index in [-0.39, 0.29) is 5.91 Å². The lowest BCUT2D eigenvalue weighted by Crippen LogP contribution is -3.13. The Kier molecular flexibility index (Phi) is 4.01. The number of oxazole rings is 1. The molecule has 0 saturated carbocycles. The monoisotopic (exact) mass is 286 g/mol. The normalized spacial score (nSPS) is 16.1. The van der Waals surface area contributed by atoms with Gasteiger partial charge in [0.2, 0.25) is 5.91 Å². The Bertz CT molecular complexity index is 601. The van der Waals surface area contributed by atoms with E-state index in [2.05, 4.69) is 4.98 Å². The Balaban J connectivity index is 1.60. The first kappa shape index (κ1) is 13.8. The van der Waals surface area contributed by atoms with Crippen molar-refractivity contribution < 1.29 is 14.1 Å². The van der Waals surface area contributed by atoms with Crippen LogP contribution in [0.4, 0.5) is 0 Å². The van der Waals surface area contributed by atoms with Crippen molar-refractivity contribution in [1.29, 1.82) is 0 Å². The van der Waals surface area contributed by atoms with Crippen LogP contribution in [0.1, 0.15) is 12.8 Å². The average molecular weight is 286 g/mol. The van der Waals surface area contributed by atoms with Gasteiger partial charge in [0, 0.05) is 12.5 Å². The molecule has 2 aromatic rings. The molecule has 1 aromatic heterocycles. The van der Waals surface area contributed by atoms with Gasteiger partial charge in [-0.2, -0.15) is 0 Å². The van der Waals surface area contributed by atoms with Crippen molar-refractivity contribution >= 4 is 5.91 Å². The van der Waals surface area contributed by atoms with Crippen molar-refractivity contribution in [1.82, 2.24) is 9.88 Å². The van der Waals surface area contributed by atoms with Crippen LogP contribution < -0.4 is 4.90 Å². The van der Waals surface area contributed by atoms with Gasteiger partial charge < -0.3 is 14.2 Å². The first-order valence-electron chi connectivity index (χ1n) is 7.31. The number of rotatable bonds is 3. The summed E-state index contributed by atoms with van der Waals surface area (Å²) >= 11 is 0. The number of nitrogens with one attached hydrogen (secondary N) is 1. The van der Waals surface area contributed by atoms with Crippen molar-refractivity contribution in [3.05, 3.63) is 42.4 Å². The highest BCUT2D eigenvalue weighted by molar-refractivity contribution is 5.73. The zero-order chi connectivity index (χ0) is 14.7. The minimum absolute atomic E-state index is 0.163. The number of piperazine rings is 1. The van der Waals surface area contributed by atoms with E-state index in [0.29, 0.717) is 0 Å². The molecule has 0 atom stereocenters. The number of quaternary nitrogens is 1. The Morgan fingerprint density at radius 2 is 2.00 bits per heavy atom. The van der Waals surface area contributed by atoms with E-state index in [1.54, 1.807) is 13.1 Å². The maximum absolute atomic E-state index is 11.3. The number of nitrogens with zero attached hydrogens (tertiary/aromatic N) is 2. The summed E-state index contributed by atoms with van der Waals surface area (Å²) in [6, 6.07) is 10.00. The molecular weight excluding hydrogens is 266 g/mol. The van der Waals surface area contributed by atoms with E-state index < -0.39 is 0 Å². The van der Waals surface area contributed by atoms with Crippen LogP contribution >= 0.6 is 0 Å². The lowest BCUT2D eigenvalue weighted by molar-refractivity contribution is -0.918. The molecule has 1 aromatic carbocycles. The van der Waals surface area contributed by atoms with Crippen LogP contribution in [0.3, 0.4) is 0 Å². The molecule has 1 aliphatic rings. The molecular formula is C16H20N3O2+. The molecule has 2 heterocycles. The fourth-order valence-corrected chi connectivity index (χ4v) is 2.66. The molecule has 110 valence electrons. The highest BCUT2D eigenvalue weighted by Crippen LogP contribution is 2.19. The van der Waals surface area contributed by atoms with Crippen LogP contribution in [0.15, 0.2) is 40.9 Å². The van der Waals surface area contributed by atoms with Gasteiger partial charge in [-0.15, -0.1) is 0 Å². The molecule has 1 saturated heterocycles. The zero-order valence-electron chi connectivity index (χ0n) is 12.2. The van der Waals surface area contributed by atoms with Gasteiger partial charge in [-0.05, 0) is 0 Å². The van der Waals surface area contributed by atoms with Gasteiger partial charge >= 0.3 is 0 Å². The Labute approximate surface area is 124 Å². The number of carbonyl (C=O) groups is 1. The number of hydrogen-bond acceptors (Lipinski definition) is 3. The lowest BCUT2D eigenvalue weighted by Gasteiger charge is -2.30. The Hall–Kier alpha value is -2.14. The highest BCUT2D eigenvalue weighted by atomic mass is 16.4. The summed E-state index contributed by atoms with van der Waals surface area (Å²) < 4.78 is 5.83. The molecule has 0 spiro atoms. The molecule has 0 bridgehead atoms. The summed E-state index contributed by atoms with van der Waals surface area (Å²) in [4.78, 5) is 19.0. The number of benzene rings is 1. The largest absolute Gasteiger partial charge is 0.435 e. The second kappa shape index (κ2) is 6.10. The minimum Gasteiger partial charge on any atom is -0.435 e. The minimum atomic E-state index is 0.163. The number of carbonyl (C=O) groups excluding carboxylic acids is 1. The standard InChI is InChI=1S/C16H19N3O2/c1-13(20)19-9-7-18(8-10-19)12-16-17-11-15(21-16)14-5-3-2-4-6-14/h2-6,11H,7-10,12H2,1H3/p+1. The predicted octanol–water partition coefficient (Wildman–Crippen LogP) is 0.589. The predicted molar refractivity (Wildman–Crippen MR) is 78.6 cm³/mol. The van der Waals surface area contributed by atoms with Gasteiger partial charge in [0.25, 0.3) is 5.89 Å². The molecule has 1 aliphatic heterocycles. The zero-order valence-corrected chi connectivity index (χ0v) is 12.2. The summed E-state index contributed by atoms with van der Waals surface area (Å²) in [5, 5.41) is 0. The Morgan fingerprint density at radius 1 is 1.29 bits per heavy atom. The van der Waals surface area contributed by atoms with Crippen molar-refractivity contribution in [3.63, 3.8) is 0 Å². The van der Waals surface area contributed by atoms with Crippen molar-refractivity contribution in [2.75, 3.05) is 26.2 Å². The topological polar surface area (TPSA) is 50.8 Å². The first-order chi connectivity index (χ1) is 10.2. The van der Waals surface area contributed by atoms with Gasteiger partial charge in [0.05, 0.1) is 32.4 Å². The fraction of sp³-hybridized carbons (Fsp3) is 0.375. The number of amides is 1. The van der Waals surface area contributed by atoms with E-state index >= 15 is 0 Å². The summed E-state index contributed by atoms with van der Waals surface area (Å²) in [6.45, 7) is 5.93. The highest BCUT2D eigenvalue weighted by Gasteiger charge is 2.23. The van der Waals surface area contributed by atoms with Crippen LogP contribution in [0.25, 0.3) is 11.3 Å². The first-order valence-corrected chi connectivity index (χ1v) is 7.31. The summed E-state index contributed by atoms with van der Waals surface area (Å²) in [5.41, 5.74) is 1.05. The van der Waals surface area contributed by atoms with Crippen molar-refractivity contribution in [2.45, 2.75) is 13.5 Å². The van der Waals surface area contributed by atoms with Crippen LogP contribution in [-0.2, 0) is 11.3 Å². The molecule has 0 aliphatic carbocycles. The maximum Gasteiger partial charge on any atom is 0.250 e. The molecule has 1 amide bonds. The molecule has 0 radical (unpaired) electrons. The van der Waals surface area contributed by atoms with Crippen LogP contribution in [0.5, 0.6) is 0 Å². The van der Waals surface area contributed by atoms with Crippen molar-refractivity contribution in [2.24, 2.45) is 0 Å². The summed E-state index contributed by atoms with van der Waals surface area (Å²) in [7, 11) is 0. The molecule has 1 N–H and O–H groups in total. The molecule has 1 fully saturated rings. The third-order valence-electron chi connectivity index (χ3n) is 3.93. The third kappa shape index (κ3) is 3.31. The van der Waals surface area contributed by atoms with E-state index in [9.17, 15) is 4.79 Å². The van der Waals surface area contributed by atoms with E-state index in [1.807, 2.05) is 35.2 Å². The van der Waals surface area contributed by atoms with Crippen LogP contribution in [0.2, 0.25) is 0 Å². The van der Waals surface area contributed by atoms with Gasteiger partial charge in [-0.25, -0.2) is 4.98 Å². The lowest BCUT2D eigenvalue weighted by atomic mass is 10.2. The van der Waals surface area contributed by atoms with Crippen LogP contribution in [0, 0.1) is 0 Å². The fourth-order valence-electron chi connectivity index (χ4n) is 2.66. The summed E-state index contributed by atoms with van der Waals surface area (Å²) in [6.07, 6.45) is 1.79. The second-order valence-electron chi connectivity index (χ2n) is 5.42. The van der Waals surface area contributed by atoms with Gasteiger partial charge in [-0.1, -0.05) is 30.3 Å². The molecule has 3 rings (SSSR count). The second-order valence-corrected chi connectivity index (χ2v) is 5.42. The number of aromatic nitrogens is 1. The third-order valence-corrected chi connectivity index (χ3v) is 3.93. The van der Waals surface area contributed by atoms with Gasteiger partial charge in [-0.3, -0.25) is 4.79 Å². The maximum atomic E-state index is 11.3. The van der Waals surface area contributed by atoms with Crippen molar-refractivity contribution in [3.8, 4) is 11.3 Å². The molecule has 21 heavy (non-hydrogen) atoms. The van der Waals surface area contributed by atoms with E-state index in [1.165, 1.54) is 4.90 Å². The quantitative estimate of drug-likeness (QED) is 0.898. The molecule has 5 heteroatoms. The summed E-state index contributed by atoms with van der Waals surface area (Å²) in [5.74, 6) is 1.74. The van der Waals surface area contributed by atoms with Crippen LogP contribution in [-0.4, -0.2) is 42.0 Å². The average Bonchev–Trinajstić information content (AvgIpc) is 2.97. The SMILES string of the molecule is CC(=O)N1CC[NH+](Cc2ncc(-c3ccccc3)o2)CC1. The van der Waals surface area contributed by atoms with Gasteiger partial charge in [0.1, 0.15) is 0 Å².